The predicted octanol–water partition coefficient (Wildman–Crippen LogP) is 4.28. The lowest BCUT2D eigenvalue weighted by Gasteiger charge is -2.27. The number of fused-ring (bicyclic) bond motifs is 1. The summed E-state index contributed by atoms with van der Waals surface area (Å²) in [6, 6.07) is 11.3. The standard InChI is InChI=1S/C29H34N6O6/c1-38-22-10-8-19(24(13-22)40-3)15-34(16-20-9-11-23(39-2)14-25(20)41-4)27-26-28(31-17-30-27)35(33-32-26)21-7-5-6-18(12-21)29(36)37/h8-11,13-14,17-18,21H,5-7,12,15-16H2,1-4H3,(H,36,37)/t18-,21+/m0/s1. The average Bonchev–Trinajstić information content (AvgIpc) is 3.45. The van der Waals surface area contributed by atoms with Gasteiger partial charge in [-0.3, -0.25) is 4.79 Å². The minimum atomic E-state index is -0.775. The summed E-state index contributed by atoms with van der Waals surface area (Å²) >= 11 is 0. The van der Waals surface area contributed by atoms with Crippen LogP contribution in [0, 0.1) is 5.92 Å². The molecule has 12 heteroatoms. The molecule has 0 aliphatic heterocycles. The number of benzene rings is 2. The highest BCUT2D eigenvalue weighted by molar-refractivity contribution is 5.82. The van der Waals surface area contributed by atoms with Gasteiger partial charge in [-0.15, -0.1) is 5.10 Å². The molecule has 0 amide bonds. The van der Waals surface area contributed by atoms with Crippen LogP contribution in [0.1, 0.15) is 42.9 Å². The van der Waals surface area contributed by atoms with E-state index in [1.165, 1.54) is 6.33 Å². The first-order valence-corrected chi connectivity index (χ1v) is 13.4. The largest absolute Gasteiger partial charge is 0.497 e. The van der Waals surface area contributed by atoms with Gasteiger partial charge in [0, 0.05) is 36.3 Å². The second-order valence-electron chi connectivity index (χ2n) is 9.97. The van der Waals surface area contributed by atoms with Gasteiger partial charge in [0.05, 0.1) is 40.4 Å². The first-order chi connectivity index (χ1) is 19.9. The van der Waals surface area contributed by atoms with E-state index in [2.05, 4.69) is 25.2 Å². The smallest absolute Gasteiger partial charge is 0.306 e. The maximum absolute atomic E-state index is 11.7. The van der Waals surface area contributed by atoms with Crippen LogP contribution in [0.2, 0.25) is 0 Å². The number of anilines is 1. The van der Waals surface area contributed by atoms with Crippen LogP contribution >= 0.6 is 0 Å². The van der Waals surface area contributed by atoms with Gasteiger partial charge in [0.1, 0.15) is 29.3 Å². The van der Waals surface area contributed by atoms with Crippen molar-refractivity contribution < 1.29 is 28.8 Å². The number of nitrogens with zero attached hydrogens (tertiary/aromatic N) is 6. The Kier molecular flexibility index (Phi) is 8.37. The molecule has 2 aromatic heterocycles. The lowest BCUT2D eigenvalue weighted by Crippen LogP contribution is -2.26. The molecule has 0 saturated heterocycles. The first-order valence-electron chi connectivity index (χ1n) is 13.4. The van der Waals surface area contributed by atoms with Crippen LogP contribution < -0.4 is 23.8 Å². The third-order valence-corrected chi connectivity index (χ3v) is 7.59. The molecule has 0 bridgehead atoms. The fraction of sp³-hybridized carbons (Fsp3) is 0.414. The zero-order valence-electron chi connectivity index (χ0n) is 23.6. The summed E-state index contributed by atoms with van der Waals surface area (Å²) in [6.45, 7) is 0.845. The Labute approximate surface area is 237 Å². The SMILES string of the molecule is COc1ccc(CN(Cc2ccc(OC)cc2OC)c2ncnc3c2nnn3[C@@H]2CCC[C@H](C(=O)O)C2)c(OC)c1. The zero-order chi connectivity index (χ0) is 28.9. The number of aliphatic carboxylic acids is 1. The number of carbonyl (C=O) groups is 1. The molecule has 2 heterocycles. The normalized spacial score (nSPS) is 16.8. The predicted molar refractivity (Wildman–Crippen MR) is 151 cm³/mol. The van der Waals surface area contributed by atoms with E-state index in [1.807, 2.05) is 36.4 Å². The molecule has 1 N–H and O–H groups in total. The second kappa shape index (κ2) is 12.3. The van der Waals surface area contributed by atoms with Crippen molar-refractivity contribution >= 4 is 23.0 Å². The van der Waals surface area contributed by atoms with Crippen LogP contribution in [0.5, 0.6) is 23.0 Å². The highest BCUT2D eigenvalue weighted by Crippen LogP contribution is 2.36. The molecular formula is C29H34N6O6. The van der Waals surface area contributed by atoms with Crippen LogP contribution in [0.15, 0.2) is 42.7 Å². The summed E-state index contributed by atoms with van der Waals surface area (Å²) in [5.74, 6) is 2.13. The Morgan fingerprint density at radius 1 is 0.927 bits per heavy atom. The Morgan fingerprint density at radius 2 is 1.56 bits per heavy atom. The number of methoxy groups -OCH3 is 4. The van der Waals surface area contributed by atoms with E-state index in [-0.39, 0.29) is 6.04 Å². The van der Waals surface area contributed by atoms with E-state index in [0.717, 1.165) is 24.0 Å². The summed E-state index contributed by atoms with van der Waals surface area (Å²) in [5.41, 5.74) is 2.93. The maximum atomic E-state index is 11.7. The van der Waals surface area contributed by atoms with E-state index >= 15 is 0 Å². The van der Waals surface area contributed by atoms with Gasteiger partial charge in [0.15, 0.2) is 17.0 Å². The van der Waals surface area contributed by atoms with Crippen LogP contribution in [0.3, 0.4) is 0 Å². The summed E-state index contributed by atoms with van der Waals surface area (Å²) < 4.78 is 23.9. The highest BCUT2D eigenvalue weighted by atomic mass is 16.5. The minimum absolute atomic E-state index is 0.102. The van der Waals surface area contributed by atoms with Crippen molar-refractivity contribution in [3.63, 3.8) is 0 Å². The average molecular weight is 563 g/mol. The van der Waals surface area contributed by atoms with Gasteiger partial charge in [-0.25, -0.2) is 14.6 Å². The topological polar surface area (TPSA) is 134 Å². The maximum Gasteiger partial charge on any atom is 0.306 e. The van der Waals surface area contributed by atoms with Crippen molar-refractivity contribution in [2.45, 2.75) is 44.8 Å². The number of aromatic nitrogens is 5. The number of hydrogen-bond acceptors (Lipinski definition) is 10. The Bertz CT molecular complexity index is 1470. The van der Waals surface area contributed by atoms with E-state index in [4.69, 9.17) is 18.9 Å². The number of rotatable bonds is 11. The Balaban J connectivity index is 1.57. The van der Waals surface area contributed by atoms with Gasteiger partial charge >= 0.3 is 5.97 Å². The van der Waals surface area contributed by atoms with Gasteiger partial charge in [0.25, 0.3) is 0 Å². The summed E-state index contributed by atoms with van der Waals surface area (Å²) in [5, 5.41) is 18.6. The molecule has 0 spiro atoms. The van der Waals surface area contributed by atoms with Crippen molar-refractivity contribution in [1.29, 1.82) is 0 Å². The number of hydrogen-bond donors (Lipinski definition) is 1. The Hall–Kier alpha value is -4.61. The molecule has 1 aliphatic rings. The van der Waals surface area contributed by atoms with Crippen LogP contribution in [-0.2, 0) is 17.9 Å². The summed E-state index contributed by atoms with van der Waals surface area (Å²) in [7, 11) is 6.47. The van der Waals surface area contributed by atoms with Gasteiger partial charge in [-0.1, -0.05) is 11.6 Å². The number of carboxylic acid groups (broad SMARTS) is 1. The number of carboxylic acids is 1. The number of ether oxygens (including phenoxy) is 4. The molecule has 12 nitrogen and oxygen atoms in total. The fourth-order valence-corrected chi connectivity index (χ4v) is 5.42. The quantitative estimate of drug-likeness (QED) is 0.281. The third-order valence-electron chi connectivity index (χ3n) is 7.59. The second-order valence-corrected chi connectivity index (χ2v) is 9.97. The van der Waals surface area contributed by atoms with E-state index < -0.39 is 11.9 Å². The van der Waals surface area contributed by atoms with E-state index in [0.29, 0.717) is 65.9 Å². The summed E-state index contributed by atoms with van der Waals surface area (Å²) in [6.07, 6.45) is 4.28. The van der Waals surface area contributed by atoms with E-state index in [9.17, 15) is 9.90 Å². The Morgan fingerprint density at radius 3 is 2.12 bits per heavy atom. The zero-order valence-corrected chi connectivity index (χ0v) is 23.6. The molecule has 5 rings (SSSR count). The molecule has 1 fully saturated rings. The van der Waals surface area contributed by atoms with Gasteiger partial charge in [-0.2, -0.15) is 0 Å². The lowest BCUT2D eigenvalue weighted by atomic mass is 9.86. The lowest BCUT2D eigenvalue weighted by molar-refractivity contribution is -0.143. The van der Waals surface area contributed by atoms with Crippen molar-refractivity contribution in [1.82, 2.24) is 25.0 Å². The highest BCUT2D eigenvalue weighted by Gasteiger charge is 2.31. The molecule has 216 valence electrons. The molecule has 41 heavy (non-hydrogen) atoms. The van der Waals surface area contributed by atoms with E-state index in [1.54, 1.807) is 33.1 Å². The van der Waals surface area contributed by atoms with Crippen molar-refractivity contribution in [2.24, 2.45) is 5.92 Å². The summed E-state index contributed by atoms with van der Waals surface area (Å²) in [4.78, 5) is 22.9. The first kappa shape index (κ1) is 27.9. The molecule has 0 unspecified atom stereocenters. The van der Waals surface area contributed by atoms with Crippen LogP contribution in [-0.4, -0.2) is 64.5 Å². The molecule has 1 aliphatic carbocycles. The van der Waals surface area contributed by atoms with Gasteiger partial charge in [-0.05, 0) is 43.5 Å². The minimum Gasteiger partial charge on any atom is -0.497 e. The van der Waals surface area contributed by atoms with Crippen LogP contribution in [0.25, 0.3) is 11.2 Å². The van der Waals surface area contributed by atoms with Gasteiger partial charge in [0.2, 0.25) is 0 Å². The molecule has 2 atom stereocenters. The molecule has 4 aromatic rings. The molecule has 2 aromatic carbocycles. The van der Waals surface area contributed by atoms with Crippen molar-refractivity contribution in [3.8, 4) is 23.0 Å². The molecule has 1 saturated carbocycles. The van der Waals surface area contributed by atoms with Crippen molar-refractivity contribution in [3.05, 3.63) is 53.9 Å². The fourth-order valence-electron chi connectivity index (χ4n) is 5.42. The monoisotopic (exact) mass is 562 g/mol. The van der Waals surface area contributed by atoms with Crippen molar-refractivity contribution in [2.75, 3.05) is 33.3 Å². The third kappa shape index (κ3) is 5.81. The molecule has 0 radical (unpaired) electrons. The molecular weight excluding hydrogens is 528 g/mol. The van der Waals surface area contributed by atoms with Crippen LogP contribution in [0.4, 0.5) is 5.82 Å². The van der Waals surface area contributed by atoms with Gasteiger partial charge < -0.3 is 29.0 Å².